The van der Waals surface area contributed by atoms with Crippen LogP contribution in [-0.2, 0) is 17.8 Å². The average Bonchev–Trinajstić information content (AvgIpc) is 2.72. The number of anilines is 1. The molecule has 0 saturated heterocycles. The number of aryl methyl sites for hydroxylation is 2. The van der Waals surface area contributed by atoms with Gasteiger partial charge in [-0.05, 0) is 49.7 Å². The Kier molecular flexibility index (Phi) is 6.51. The summed E-state index contributed by atoms with van der Waals surface area (Å²) in [5.41, 5.74) is 3.54. The summed E-state index contributed by atoms with van der Waals surface area (Å²) in [6.07, 6.45) is 0.370. The second-order valence-corrected chi connectivity index (χ2v) is 7.09. The molecule has 0 saturated carbocycles. The van der Waals surface area contributed by atoms with Crippen LogP contribution in [0.25, 0.3) is 0 Å². The van der Waals surface area contributed by atoms with E-state index in [1.165, 1.54) is 4.68 Å². The Morgan fingerprint density at radius 3 is 2.23 bits per heavy atom. The fourth-order valence-corrected chi connectivity index (χ4v) is 3.14. The Balaban J connectivity index is 1.82. The van der Waals surface area contributed by atoms with Crippen LogP contribution in [0.4, 0.5) is 5.69 Å². The number of amides is 1. The summed E-state index contributed by atoms with van der Waals surface area (Å²) in [5.74, 6) is 0.980. The zero-order chi connectivity index (χ0) is 21.7. The van der Waals surface area contributed by atoms with Gasteiger partial charge in [0.1, 0.15) is 18.0 Å². The van der Waals surface area contributed by atoms with Crippen LogP contribution in [-0.4, -0.2) is 29.9 Å². The minimum atomic E-state index is -0.312. The van der Waals surface area contributed by atoms with E-state index >= 15 is 0 Å². The van der Waals surface area contributed by atoms with E-state index in [9.17, 15) is 9.59 Å². The molecule has 3 aromatic rings. The van der Waals surface area contributed by atoms with E-state index in [4.69, 9.17) is 9.47 Å². The zero-order valence-corrected chi connectivity index (χ0v) is 17.6. The molecule has 1 N–H and O–H groups in total. The number of hydrogen-bond acceptors (Lipinski definition) is 5. The van der Waals surface area contributed by atoms with Gasteiger partial charge in [-0.2, -0.15) is 5.10 Å². The van der Waals surface area contributed by atoms with Crippen molar-refractivity contribution >= 4 is 11.6 Å². The van der Waals surface area contributed by atoms with Crippen molar-refractivity contribution in [3.8, 4) is 11.5 Å². The highest BCUT2D eigenvalue weighted by atomic mass is 16.5. The molecule has 0 aliphatic rings. The van der Waals surface area contributed by atoms with Crippen LogP contribution in [0.2, 0.25) is 0 Å². The van der Waals surface area contributed by atoms with Gasteiger partial charge in [0.05, 0.1) is 19.9 Å². The summed E-state index contributed by atoms with van der Waals surface area (Å²) >= 11 is 0. The normalized spacial score (nSPS) is 10.5. The molecule has 7 heteroatoms. The third-order valence-electron chi connectivity index (χ3n) is 4.61. The fourth-order valence-electron chi connectivity index (χ4n) is 3.14. The van der Waals surface area contributed by atoms with Gasteiger partial charge in [-0.3, -0.25) is 9.59 Å². The van der Waals surface area contributed by atoms with E-state index < -0.39 is 0 Å². The van der Waals surface area contributed by atoms with E-state index in [2.05, 4.69) is 10.4 Å². The first-order valence-electron chi connectivity index (χ1n) is 9.54. The number of nitrogens with one attached hydrogen (secondary N) is 1. The smallest absolute Gasteiger partial charge is 0.270 e. The number of carbonyl (C=O) groups is 1. The number of ether oxygens (including phenoxy) is 2. The van der Waals surface area contributed by atoms with Gasteiger partial charge in [0.15, 0.2) is 0 Å². The van der Waals surface area contributed by atoms with Crippen molar-refractivity contribution < 1.29 is 14.3 Å². The highest BCUT2D eigenvalue weighted by molar-refractivity contribution is 5.90. The first-order chi connectivity index (χ1) is 14.4. The molecule has 0 aliphatic carbocycles. The quantitative estimate of drug-likeness (QED) is 0.651. The van der Waals surface area contributed by atoms with Gasteiger partial charge < -0.3 is 14.8 Å². The van der Waals surface area contributed by atoms with Gasteiger partial charge in [-0.1, -0.05) is 17.7 Å². The number of hydrogen-bond donors (Lipinski definition) is 1. The van der Waals surface area contributed by atoms with Gasteiger partial charge >= 0.3 is 0 Å². The molecular formula is C23H25N3O4. The van der Waals surface area contributed by atoms with Crippen LogP contribution < -0.4 is 20.3 Å². The lowest BCUT2D eigenvalue weighted by Crippen LogP contribution is -2.32. The number of methoxy groups -OCH3 is 2. The Hall–Kier alpha value is -3.61. The SMILES string of the molecule is COc1cc(Cc2cc(C)nn(CC(=O)Nc3ccc(C)cc3)c2=O)cc(OC)c1. The maximum atomic E-state index is 12.9. The van der Waals surface area contributed by atoms with Gasteiger partial charge in [0.25, 0.3) is 5.56 Å². The van der Waals surface area contributed by atoms with Crippen LogP contribution in [0.5, 0.6) is 11.5 Å². The Bertz CT molecular complexity index is 1080. The summed E-state index contributed by atoms with van der Waals surface area (Å²) in [4.78, 5) is 25.3. The van der Waals surface area contributed by atoms with E-state index in [0.29, 0.717) is 34.9 Å². The lowest BCUT2D eigenvalue weighted by atomic mass is 10.1. The predicted molar refractivity (Wildman–Crippen MR) is 115 cm³/mol. The number of nitrogens with zero attached hydrogens (tertiary/aromatic N) is 2. The second-order valence-electron chi connectivity index (χ2n) is 7.09. The molecule has 7 nitrogen and oxygen atoms in total. The van der Waals surface area contributed by atoms with Crippen molar-refractivity contribution in [3.05, 3.63) is 81.3 Å². The number of aromatic nitrogens is 2. The first kappa shape index (κ1) is 21.1. The van der Waals surface area contributed by atoms with Crippen molar-refractivity contribution in [2.75, 3.05) is 19.5 Å². The van der Waals surface area contributed by atoms with E-state index in [-0.39, 0.29) is 18.0 Å². The van der Waals surface area contributed by atoms with Gasteiger partial charge in [-0.15, -0.1) is 0 Å². The molecular weight excluding hydrogens is 382 g/mol. The largest absolute Gasteiger partial charge is 0.497 e. The highest BCUT2D eigenvalue weighted by Gasteiger charge is 2.12. The lowest BCUT2D eigenvalue weighted by Gasteiger charge is -2.11. The molecule has 1 aromatic heterocycles. The van der Waals surface area contributed by atoms with Gasteiger partial charge in [0.2, 0.25) is 5.91 Å². The molecule has 0 unspecified atom stereocenters. The zero-order valence-electron chi connectivity index (χ0n) is 17.6. The van der Waals surface area contributed by atoms with Crippen LogP contribution in [0, 0.1) is 13.8 Å². The van der Waals surface area contributed by atoms with Crippen molar-refractivity contribution in [1.29, 1.82) is 0 Å². The monoisotopic (exact) mass is 407 g/mol. The topological polar surface area (TPSA) is 82.5 Å². The van der Waals surface area contributed by atoms with Crippen LogP contribution in [0.15, 0.2) is 53.3 Å². The number of carbonyl (C=O) groups excluding carboxylic acids is 1. The predicted octanol–water partition coefficient (Wildman–Crippen LogP) is 3.11. The summed E-state index contributed by atoms with van der Waals surface area (Å²) in [6.45, 7) is 3.60. The van der Waals surface area contributed by atoms with E-state index in [1.807, 2.05) is 43.3 Å². The maximum absolute atomic E-state index is 12.9. The van der Waals surface area contributed by atoms with Crippen molar-refractivity contribution in [1.82, 2.24) is 9.78 Å². The molecule has 2 aromatic carbocycles. The third kappa shape index (κ3) is 5.26. The molecule has 0 aliphatic heterocycles. The summed E-state index contributed by atoms with van der Waals surface area (Å²) in [7, 11) is 3.16. The molecule has 30 heavy (non-hydrogen) atoms. The van der Waals surface area contributed by atoms with Crippen LogP contribution in [0.1, 0.15) is 22.4 Å². The molecule has 156 valence electrons. The lowest BCUT2D eigenvalue weighted by molar-refractivity contribution is -0.117. The van der Waals surface area contributed by atoms with Crippen molar-refractivity contribution in [3.63, 3.8) is 0 Å². The van der Waals surface area contributed by atoms with E-state index in [0.717, 1.165) is 11.1 Å². The standard InChI is InChI=1S/C23H25N3O4/c1-15-5-7-19(8-6-15)24-22(27)14-26-23(28)18(9-16(2)25-26)10-17-11-20(29-3)13-21(12-17)30-4/h5-9,11-13H,10,14H2,1-4H3,(H,24,27). The van der Waals surface area contributed by atoms with Crippen LogP contribution >= 0.6 is 0 Å². The van der Waals surface area contributed by atoms with Crippen molar-refractivity contribution in [2.45, 2.75) is 26.8 Å². The molecule has 0 fully saturated rings. The Labute approximate surface area is 175 Å². The maximum Gasteiger partial charge on any atom is 0.270 e. The Morgan fingerprint density at radius 1 is 1.00 bits per heavy atom. The fraction of sp³-hybridized carbons (Fsp3) is 0.261. The average molecular weight is 407 g/mol. The minimum Gasteiger partial charge on any atom is -0.497 e. The van der Waals surface area contributed by atoms with Gasteiger partial charge in [0, 0.05) is 23.7 Å². The molecule has 0 spiro atoms. The molecule has 3 rings (SSSR count). The first-order valence-corrected chi connectivity index (χ1v) is 9.54. The van der Waals surface area contributed by atoms with E-state index in [1.54, 1.807) is 33.3 Å². The number of benzene rings is 2. The molecule has 1 heterocycles. The van der Waals surface area contributed by atoms with Gasteiger partial charge in [-0.25, -0.2) is 4.68 Å². The molecule has 0 radical (unpaired) electrons. The molecule has 0 atom stereocenters. The molecule has 1 amide bonds. The summed E-state index contributed by atoms with van der Waals surface area (Å²) < 4.78 is 11.8. The Morgan fingerprint density at radius 2 is 1.63 bits per heavy atom. The molecule has 0 bridgehead atoms. The van der Waals surface area contributed by atoms with Crippen LogP contribution in [0.3, 0.4) is 0 Å². The highest BCUT2D eigenvalue weighted by Crippen LogP contribution is 2.23. The summed E-state index contributed by atoms with van der Waals surface area (Å²) in [6, 6.07) is 14.7. The van der Waals surface area contributed by atoms with Crippen molar-refractivity contribution in [2.24, 2.45) is 0 Å². The third-order valence-corrected chi connectivity index (χ3v) is 4.61. The number of rotatable bonds is 7. The minimum absolute atomic E-state index is 0.164. The second kappa shape index (κ2) is 9.26. The summed E-state index contributed by atoms with van der Waals surface area (Å²) in [5, 5.41) is 7.02.